The van der Waals surface area contributed by atoms with E-state index in [9.17, 15) is 8.78 Å². The van der Waals surface area contributed by atoms with Crippen molar-refractivity contribution in [3.8, 4) is 5.69 Å². The molecule has 1 N–H and O–H groups in total. The second-order valence-electron chi connectivity index (χ2n) is 4.38. The van der Waals surface area contributed by atoms with Gasteiger partial charge >= 0.3 is 0 Å². The van der Waals surface area contributed by atoms with E-state index in [0.717, 1.165) is 28.7 Å². The third-order valence-corrected chi connectivity index (χ3v) is 3.28. The highest BCUT2D eigenvalue weighted by Gasteiger charge is 2.09. The number of halogens is 2. The van der Waals surface area contributed by atoms with Crippen LogP contribution in [0.2, 0.25) is 0 Å². The molecule has 0 saturated carbocycles. The second-order valence-corrected chi connectivity index (χ2v) is 4.77. The molecular weight excluding hydrogens is 266 g/mol. The molecule has 0 fully saturated rings. The molecule has 96 valence electrons. The lowest BCUT2D eigenvalue weighted by molar-refractivity contribution is 0.508. The summed E-state index contributed by atoms with van der Waals surface area (Å²) in [5.41, 5.74) is 3.27. The average molecular weight is 276 g/mol. The van der Waals surface area contributed by atoms with E-state index in [0.29, 0.717) is 10.5 Å². The molecule has 0 atom stereocenters. The van der Waals surface area contributed by atoms with Gasteiger partial charge in [-0.05, 0) is 49.0 Å². The van der Waals surface area contributed by atoms with Gasteiger partial charge in [0.25, 0.3) is 0 Å². The van der Waals surface area contributed by atoms with Crippen LogP contribution in [0.3, 0.4) is 0 Å². The summed E-state index contributed by atoms with van der Waals surface area (Å²) in [6, 6.07) is 9.56. The number of hydrogen-bond donors (Lipinski definition) is 1. The molecular formula is C14H10F2N2S. The van der Waals surface area contributed by atoms with Crippen LogP contribution in [0, 0.1) is 23.3 Å². The van der Waals surface area contributed by atoms with Crippen molar-refractivity contribution in [2.45, 2.75) is 6.92 Å². The number of nitrogens with zero attached hydrogens (tertiary/aromatic N) is 1. The molecule has 2 aromatic carbocycles. The zero-order valence-electron chi connectivity index (χ0n) is 10.1. The van der Waals surface area contributed by atoms with Crippen molar-refractivity contribution in [3.05, 3.63) is 58.4 Å². The fourth-order valence-electron chi connectivity index (χ4n) is 2.09. The highest BCUT2D eigenvalue weighted by Crippen LogP contribution is 2.22. The van der Waals surface area contributed by atoms with Gasteiger partial charge in [0.1, 0.15) is 0 Å². The lowest BCUT2D eigenvalue weighted by Gasteiger charge is -2.05. The Kier molecular flexibility index (Phi) is 2.71. The minimum Gasteiger partial charge on any atom is -0.330 e. The Morgan fingerprint density at radius 1 is 1.05 bits per heavy atom. The van der Waals surface area contributed by atoms with Crippen LogP contribution in [0.25, 0.3) is 16.7 Å². The van der Waals surface area contributed by atoms with Gasteiger partial charge in [0, 0.05) is 6.07 Å². The largest absolute Gasteiger partial charge is 0.330 e. The van der Waals surface area contributed by atoms with Gasteiger partial charge in [0.2, 0.25) is 0 Å². The maximum absolute atomic E-state index is 13.3. The van der Waals surface area contributed by atoms with E-state index in [2.05, 4.69) is 4.98 Å². The number of aryl methyl sites for hydroxylation is 1. The Bertz CT molecular complexity index is 833. The number of benzene rings is 2. The van der Waals surface area contributed by atoms with E-state index in [1.54, 1.807) is 4.57 Å². The zero-order chi connectivity index (χ0) is 13.6. The molecule has 0 amide bonds. The van der Waals surface area contributed by atoms with Gasteiger partial charge in [-0.3, -0.25) is 4.57 Å². The van der Waals surface area contributed by atoms with Crippen LogP contribution in [0.5, 0.6) is 0 Å². The average Bonchev–Trinajstić information content (AvgIpc) is 2.68. The summed E-state index contributed by atoms with van der Waals surface area (Å²) in [6.45, 7) is 1.96. The fraction of sp³-hybridized carbons (Fsp3) is 0.0714. The number of fused-ring (bicyclic) bond motifs is 1. The third-order valence-electron chi connectivity index (χ3n) is 3.00. The summed E-state index contributed by atoms with van der Waals surface area (Å²) in [5, 5.41) is 0. The van der Waals surface area contributed by atoms with Crippen molar-refractivity contribution < 1.29 is 8.78 Å². The van der Waals surface area contributed by atoms with E-state index in [1.165, 1.54) is 6.07 Å². The quantitative estimate of drug-likeness (QED) is 0.658. The monoisotopic (exact) mass is 276 g/mol. The molecule has 19 heavy (non-hydrogen) atoms. The zero-order valence-corrected chi connectivity index (χ0v) is 10.9. The van der Waals surface area contributed by atoms with Crippen molar-refractivity contribution in [2.24, 2.45) is 0 Å². The molecule has 1 aromatic heterocycles. The summed E-state index contributed by atoms with van der Waals surface area (Å²) in [6.07, 6.45) is 0. The highest BCUT2D eigenvalue weighted by atomic mass is 32.1. The van der Waals surface area contributed by atoms with Gasteiger partial charge in [-0.2, -0.15) is 0 Å². The van der Waals surface area contributed by atoms with Crippen LogP contribution in [0.15, 0.2) is 36.4 Å². The van der Waals surface area contributed by atoms with Crippen molar-refractivity contribution in [2.75, 3.05) is 0 Å². The van der Waals surface area contributed by atoms with Crippen LogP contribution in [-0.2, 0) is 0 Å². The first-order valence-corrected chi connectivity index (χ1v) is 6.14. The maximum Gasteiger partial charge on any atom is 0.182 e. The number of hydrogen-bond acceptors (Lipinski definition) is 1. The van der Waals surface area contributed by atoms with Gasteiger partial charge in [-0.15, -0.1) is 0 Å². The van der Waals surface area contributed by atoms with Gasteiger partial charge in [-0.1, -0.05) is 6.07 Å². The molecule has 3 aromatic rings. The van der Waals surface area contributed by atoms with Crippen LogP contribution < -0.4 is 0 Å². The molecule has 2 nitrogen and oxygen atoms in total. The topological polar surface area (TPSA) is 20.7 Å². The van der Waals surface area contributed by atoms with Crippen molar-refractivity contribution in [1.82, 2.24) is 9.55 Å². The normalized spacial score (nSPS) is 11.1. The Hall–Kier alpha value is -2.01. The van der Waals surface area contributed by atoms with Crippen molar-refractivity contribution in [3.63, 3.8) is 0 Å². The summed E-state index contributed by atoms with van der Waals surface area (Å²) < 4.78 is 28.5. The van der Waals surface area contributed by atoms with Gasteiger partial charge in [0.15, 0.2) is 16.4 Å². The molecule has 0 aliphatic heterocycles. The molecule has 0 saturated heterocycles. The van der Waals surface area contributed by atoms with Crippen molar-refractivity contribution in [1.29, 1.82) is 0 Å². The predicted molar refractivity (Wildman–Crippen MR) is 73.1 cm³/mol. The number of nitrogens with one attached hydrogen (secondary N) is 1. The van der Waals surface area contributed by atoms with Gasteiger partial charge in [-0.25, -0.2) is 8.78 Å². The number of aromatic amines is 1. The summed E-state index contributed by atoms with van der Waals surface area (Å²) in [7, 11) is 0. The van der Waals surface area contributed by atoms with E-state index >= 15 is 0 Å². The molecule has 0 bridgehead atoms. The SMILES string of the molecule is Cc1ccc2[nH]c(=S)n(-c3ccc(F)c(F)c3)c2c1. The summed E-state index contributed by atoms with van der Waals surface area (Å²) in [5.74, 6) is -1.76. The molecule has 0 aliphatic rings. The first-order valence-electron chi connectivity index (χ1n) is 5.73. The van der Waals surface area contributed by atoms with Gasteiger partial charge < -0.3 is 4.98 Å². The van der Waals surface area contributed by atoms with Crippen LogP contribution >= 0.6 is 12.2 Å². The predicted octanol–water partition coefficient (Wildman–Crippen LogP) is 4.27. The minimum absolute atomic E-state index is 0.451. The Morgan fingerprint density at radius 2 is 1.84 bits per heavy atom. The number of H-pyrrole nitrogens is 1. The summed E-state index contributed by atoms with van der Waals surface area (Å²) >= 11 is 5.25. The Labute approximate surface area is 113 Å². The van der Waals surface area contributed by atoms with Crippen LogP contribution in [0.4, 0.5) is 8.78 Å². The lowest BCUT2D eigenvalue weighted by Crippen LogP contribution is -1.96. The van der Waals surface area contributed by atoms with E-state index in [4.69, 9.17) is 12.2 Å². The molecule has 1 heterocycles. The fourth-order valence-corrected chi connectivity index (χ4v) is 2.41. The maximum atomic E-state index is 13.3. The molecule has 5 heteroatoms. The van der Waals surface area contributed by atoms with Crippen molar-refractivity contribution >= 4 is 23.3 Å². The van der Waals surface area contributed by atoms with Crippen LogP contribution in [-0.4, -0.2) is 9.55 Å². The molecule has 3 rings (SSSR count). The molecule has 0 aliphatic carbocycles. The number of imidazole rings is 1. The molecule has 0 spiro atoms. The molecule has 0 radical (unpaired) electrons. The first-order chi connectivity index (χ1) is 9.06. The van der Waals surface area contributed by atoms with E-state index in [1.807, 2.05) is 25.1 Å². The molecule has 0 unspecified atom stereocenters. The third kappa shape index (κ3) is 1.96. The Balaban J connectivity index is 2.35. The van der Waals surface area contributed by atoms with E-state index < -0.39 is 11.6 Å². The highest BCUT2D eigenvalue weighted by molar-refractivity contribution is 7.71. The van der Waals surface area contributed by atoms with Gasteiger partial charge in [0.05, 0.1) is 16.7 Å². The van der Waals surface area contributed by atoms with Crippen LogP contribution in [0.1, 0.15) is 5.56 Å². The van der Waals surface area contributed by atoms with E-state index in [-0.39, 0.29) is 0 Å². The number of rotatable bonds is 1. The first kappa shape index (κ1) is 12.0. The Morgan fingerprint density at radius 3 is 2.58 bits per heavy atom. The minimum atomic E-state index is -0.888. The second kappa shape index (κ2) is 4.28. The number of aromatic nitrogens is 2. The standard InChI is InChI=1S/C14H10F2N2S/c1-8-2-5-12-13(6-8)18(14(19)17-12)9-3-4-10(15)11(16)7-9/h2-7H,1H3,(H,17,19). The summed E-state index contributed by atoms with van der Waals surface area (Å²) in [4.78, 5) is 3.05. The smallest absolute Gasteiger partial charge is 0.182 e. The lowest BCUT2D eigenvalue weighted by atomic mass is 10.2.